The topological polar surface area (TPSA) is 0 Å². The van der Waals surface area contributed by atoms with E-state index < -0.39 is 0 Å². The smallest absolute Gasteiger partial charge is 1.00 e. The van der Waals surface area contributed by atoms with Gasteiger partial charge in [-0.3, -0.25) is 0 Å². The van der Waals surface area contributed by atoms with Crippen LogP contribution in [0, 0.1) is 0 Å². The molecule has 10 heavy (non-hydrogen) atoms. The Morgan fingerprint density at radius 3 is 0.200 bits per heavy atom. The minimum atomic E-state index is 0. The Morgan fingerprint density at radius 1 is 0.200 bits per heavy atom. The molecule has 0 aromatic carbocycles. The maximum absolute atomic E-state index is 0. The van der Waals surface area contributed by atoms with Crippen LogP contribution in [0.2, 0.25) is 0 Å². The van der Waals surface area contributed by atoms with Crippen LogP contribution in [0.15, 0.2) is 0 Å². The predicted molar refractivity (Wildman–Crippen MR) is 0 cm³/mol. The Hall–Kier alpha value is 9.91. The Kier molecular flexibility index (Phi) is 448. The molecule has 0 rings (SSSR count). The van der Waals surface area contributed by atoms with E-state index >= 15 is 0 Å². The van der Waals surface area contributed by atoms with Gasteiger partial charge < -0.3 is 23.5 Å². The molecule has 0 aliphatic heterocycles. The molecule has 0 unspecified atom stereocenters. The van der Waals surface area contributed by atoms with Gasteiger partial charge in [0.25, 0.3) is 0 Å². The van der Waals surface area contributed by atoms with Crippen molar-refractivity contribution in [2.45, 2.75) is 0 Å². The van der Waals surface area contributed by atoms with Gasteiger partial charge in [0.05, 0.1) is 0 Å². The van der Waals surface area contributed by atoms with Gasteiger partial charge in [-0.1, -0.05) is 0 Å². The zero-order valence-corrected chi connectivity index (χ0v) is 38.3. The summed E-state index contributed by atoms with van der Waals surface area (Å²) in [6.45, 7) is 0. The first-order chi connectivity index (χ1) is 0. The van der Waals surface area contributed by atoms with E-state index in [9.17, 15) is 0 Å². The molecule has 0 nitrogen and oxygen atoms in total. The first kappa shape index (κ1) is 72.5. The van der Waals surface area contributed by atoms with E-state index in [1.54, 1.807) is 0 Å². The molecule has 0 saturated carbocycles. The molecule has 0 radical (unpaired) electrons. The molecule has 0 aliphatic carbocycles. The first-order valence-corrected chi connectivity index (χ1v) is 0. The van der Waals surface area contributed by atoms with E-state index in [0.717, 1.165) is 0 Å². The van der Waals surface area contributed by atoms with E-state index in [4.69, 9.17) is 0 Å². The summed E-state index contributed by atoms with van der Waals surface area (Å²) >= 11 is 0. The predicted octanol–water partition coefficient (Wildman–Crippen LogP) is -30.0. The van der Waals surface area contributed by atoms with Crippen LogP contribution in [-0.4, -0.2) is 0 Å². The van der Waals surface area contributed by atoms with Crippen molar-refractivity contribution in [3.05, 3.63) is 0 Å². The fraction of sp³-hybridized carbons (Fsp3) is 0. The molecule has 10 heteroatoms. The SMILES string of the molecule is [Cs+].[Cs+].[Cs+].[Cs+].[Cs+].[F-].[F-].[F-].[F-].[F-]. The van der Waals surface area contributed by atoms with Gasteiger partial charge in [-0.15, -0.1) is 0 Å². The van der Waals surface area contributed by atoms with Crippen molar-refractivity contribution >= 4 is 0 Å². The molecule has 0 bridgehead atoms. The fourth-order valence-electron chi connectivity index (χ4n) is 0. The van der Waals surface area contributed by atoms with Crippen LogP contribution in [0.3, 0.4) is 0 Å². The Labute approximate surface area is 352 Å². The fourth-order valence-corrected chi connectivity index (χ4v) is 0. The summed E-state index contributed by atoms with van der Waals surface area (Å²) in [5, 5.41) is 0. The zero-order chi connectivity index (χ0) is 0. The van der Waals surface area contributed by atoms with Crippen LogP contribution in [-0.2, 0) is 0 Å². The van der Waals surface area contributed by atoms with Crippen LogP contribution in [0.5, 0.6) is 0 Å². The van der Waals surface area contributed by atoms with Gasteiger partial charge in [0.15, 0.2) is 0 Å². The maximum atomic E-state index is 0. The Morgan fingerprint density at radius 2 is 0.200 bits per heavy atom. The van der Waals surface area contributed by atoms with Crippen molar-refractivity contribution in [2.75, 3.05) is 0 Å². The number of hydrogen-bond donors (Lipinski definition) is 0. The van der Waals surface area contributed by atoms with Gasteiger partial charge >= 0.3 is 344 Å². The molecule has 0 heterocycles. The normalized spacial score (nSPS) is 0. The van der Waals surface area contributed by atoms with Gasteiger partial charge in [-0.05, 0) is 0 Å². The van der Waals surface area contributed by atoms with E-state index in [0.29, 0.717) is 0 Å². The largest absolute Gasteiger partial charge is 1.00 e. The summed E-state index contributed by atoms with van der Waals surface area (Å²) in [5.74, 6) is 0. The summed E-state index contributed by atoms with van der Waals surface area (Å²) in [4.78, 5) is 0. The average molecular weight is 760 g/mol. The molecule has 0 N–H and O–H groups in total. The van der Waals surface area contributed by atoms with E-state index in [1.165, 1.54) is 0 Å². The second kappa shape index (κ2) is 61.8. The van der Waals surface area contributed by atoms with Crippen molar-refractivity contribution in [3.8, 4) is 0 Å². The van der Waals surface area contributed by atoms with Gasteiger partial charge in [-0.2, -0.15) is 0 Å². The monoisotopic (exact) mass is 760 g/mol. The third kappa shape index (κ3) is 52.1. The molecule has 0 amide bonds. The minimum absolute atomic E-state index is 0. The Bertz CT molecular complexity index is 10.0. The maximum Gasteiger partial charge on any atom is 1.00 e. The molecule has 0 atom stereocenters. The van der Waals surface area contributed by atoms with Crippen LogP contribution in [0.4, 0.5) is 0 Å². The summed E-state index contributed by atoms with van der Waals surface area (Å²) in [6, 6.07) is 0. The van der Waals surface area contributed by atoms with E-state index in [2.05, 4.69) is 0 Å². The van der Waals surface area contributed by atoms with Crippen LogP contribution >= 0.6 is 0 Å². The van der Waals surface area contributed by atoms with Gasteiger partial charge in [0.2, 0.25) is 0 Å². The van der Waals surface area contributed by atoms with Gasteiger partial charge in [-0.25, -0.2) is 0 Å². The molecule has 0 spiro atoms. The summed E-state index contributed by atoms with van der Waals surface area (Å²) in [6.07, 6.45) is 0. The van der Waals surface area contributed by atoms with Crippen LogP contribution < -0.4 is 368 Å². The van der Waals surface area contributed by atoms with E-state index in [-0.39, 0.29) is 368 Å². The van der Waals surface area contributed by atoms with Crippen molar-refractivity contribution < 1.29 is 368 Å². The summed E-state index contributed by atoms with van der Waals surface area (Å²) < 4.78 is 0. The van der Waals surface area contributed by atoms with Gasteiger partial charge in [0, 0.05) is 0 Å². The summed E-state index contributed by atoms with van der Waals surface area (Å²) in [7, 11) is 0. The number of rotatable bonds is 0. The second-order valence-corrected chi connectivity index (χ2v) is 0. The van der Waals surface area contributed by atoms with Crippen molar-refractivity contribution in [2.24, 2.45) is 0 Å². The molecule has 0 saturated heterocycles. The van der Waals surface area contributed by atoms with Crippen molar-refractivity contribution in [1.29, 1.82) is 0 Å². The minimum Gasteiger partial charge on any atom is -1.00 e. The molecule has 40 valence electrons. The third-order valence-corrected chi connectivity index (χ3v) is 0. The molecular formula is Cs5F5. The van der Waals surface area contributed by atoms with Crippen LogP contribution in [0.1, 0.15) is 0 Å². The van der Waals surface area contributed by atoms with Gasteiger partial charge in [0.1, 0.15) is 0 Å². The quantitative estimate of drug-likeness (QED) is 0.216. The van der Waals surface area contributed by atoms with Crippen LogP contribution in [0.25, 0.3) is 0 Å². The first-order valence-electron chi connectivity index (χ1n) is 0. The Balaban J connectivity index is 0. The molecular weight excluding hydrogens is 760 g/mol. The zero-order valence-electron chi connectivity index (χ0n) is 6.89. The molecule has 0 aliphatic rings. The number of hydrogen-bond acceptors (Lipinski definition) is 0. The molecule has 0 fully saturated rings. The molecule has 0 aromatic rings. The van der Waals surface area contributed by atoms with Crippen molar-refractivity contribution in [1.82, 2.24) is 0 Å². The van der Waals surface area contributed by atoms with E-state index in [1.807, 2.05) is 0 Å². The molecule has 0 aromatic heterocycles. The average Bonchev–Trinajstić information content (AvgIpc) is 0. The standard InChI is InChI=1S/5Cs.5FH/h;;;;;5*1H/q5*+1;;;;;/p-5. The number of halogens is 5. The summed E-state index contributed by atoms with van der Waals surface area (Å²) in [5.41, 5.74) is 0. The second-order valence-electron chi connectivity index (χ2n) is 0. The van der Waals surface area contributed by atoms with Crippen molar-refractivity contribution in [3.63, 3.8) is 0 Å². The third-order valence-electron chi connectivity index (χ3n) is 0.